The molecule has 6 heteroatoms. The van der Waals surface area contributed by atoms with Crippen LogP contribution in [0.5, 0.6) is 0 Å². The van der Waals surface area contributed by atoms with Gasteiger partial charge in [-0.3, -0.25) is 10.1 Å². The molecule has 0 atom stereocenters. The Labute approximate surface area is 124 Å². The minimum absolute atomic E-state index is 0.213. The van der Waals surface area contributed by atoms with Crippen molar-refractivity contribution in [3.05, 3.63) is 53.1 Å². The third kappa shape index (κ3) is 2.59. The van der Waals surface area contributed by atoms with Gasteiger partial charge in [-0.25, -0.2) is 4.98 Å². The van der Waals surface area contributed by atoms with E-state index in [1.807, 2.05) is 12.1 Å². The van der Waals surface area contributed by atoms with Gasteiger partial charge in [0.2, 0.25) is 0 Å². The molecule has 3 N–H and O–H groups in total. The smallest absolute Gasteiger partial charge is 0.257 e. The van der Waals surface area contributed by atoms with E-state index >= 15 is 0 Å². The van der Waals surface area contributed by atoms with E-state index in [9.17, 15) is 4.79 Å². The maximum absolute atomic E-state index is 12.1. The summed E-state index contributed by atoms with van der Waals surface area (Å²) in [7, 11) is 0. The number of rotatable bonds is 2. The highest BCUT2D eigenvalue weighted by atomic mass is 35.5. The van der Waals surface area contributed by atoms with Crippen molar-refractivity contribution < 1.29 is 4.79 Å². The fourth-order valence-corrected chi connectivity index (χ4v) is 2.89. The summed E-state index contributed by atoms with van der Waals surface area (Å²) in [6.45, 7) is 0. The van der Waals surface area contributed by atoms with Gasteiger partial charge in [-0.05, 0) is 42.5 Å². The van der Waals surface area contributed by atoms with Gasteiger partial charge >= 0.3 is 0 Å². The number of nitrogens with two attached hydrogens (primary N) is 1. The van der Waals surface area contributed by atoms with E-state index in [4.69, 9.17) is 17.3 Å². The number of halogens is 1. The molecule has 1 aromatic heterocycles. The molecule has 1 amide bonds. The zero-order valence-corrected chi connectivity index (χ0v) is 11.8. The molecule has 0 fully saturated rings. The molecule has 0 saturated carbocycles. The number of nitrogens with zero attached hydrogens (tertiary/aromatic N) is 1. The molecule has 3 aromatic rings. The van der Waals surface area contributed by atoms with Crippen molar-refractivity contribution in [3.8, 4) is 0 Å². The third-order valence-corrected chi connectivity index (χ3v) is 3.91. The number of nitrogen functional groups attached to an aromatic ring is 1. The second-order valence-corrected chi connectivity index (χ2v) is 5.67. The normalized spacial score (nSPS) is 10.7. The van der Waals surface area contributed by atoms with Crippen molar-refractivity contribution in [2.45, 2.75) is 0 Å². The Bertz CT molecular complexity index is 783. The van der Waals surface area contributed by atoms with Gasteiger partial charge in [-0.2, -0.15) is 0 Å². The Morgan fingerprint density at radius 2 is 1.95 bits per heavy atom. The molecule has 20 heavy (non-hydrogen) atoms. The predicted octanol–water partition coefficient (Wildman–Crippen LogP) is 3.78. The lowest BCUT2D eigenvalue weighted by atomic mass is 10.2. The quantitative estimate of drug-likeness (QED) is 0.708. The summed E-state index contributed by atoms with van der Waals surface area (Å²) < 4.78 is 0.935. The van der Waals surface area contributed by atoms with E-state index < -0.39 is 0 Å². The largest absolute Gasteiger partial charge is 0.399 e. The number of thiazole rings is 1. The van der Waals surface area contributed by atoms with E-state index in [2.05, 4.69) is 10.3 Å². The average molecular weight is 304 g/mol. The van der Waals surface area contributed by atoms with Crippen LogP contribution < -0.4 is 11.1 Å². The number of amides is 1. The van der Waals surface area contributed by atoms with E-state index in [0.717, 1.165) is 10.2 Å². The standard InChI is InChI=1S/C14H10ClN3OS/c15-9-3-6-11-12(7-9)20-14(17-11)18-13(19)8-1-4-10(16)5-2-8/h1-7H,16H2,(H,17,18,19). The Morgan fingerprint density at radius 3 is 2.70 bits per heavy atom. The van der Waals surface area contributed by atoms with Crippen LogP contribution in [0, 0.1) is 0 Å². The van der Waals surface area contributed by atoms with Gasteiger partial charge in [0.25, 0.3) is 5.91 Å². The number of benzene rings is 2. The van der Waals surface area contributed by atoms with Gasteiger partial charge in [0.15, 0.2) is 5.13 Å². The number of carbonyl (C=O) groups is 1. The second kappa shape index (κ2) is 5.11. The zero-order valence-electron chi connectivity index (χ0n) is 10.3. The molecule has 4 nitrogen and oxygen atoms in total. The minimum Gasteiger partial charge on any atom is -0.399 e. The van der Waals surface area contributed by atoms with Crippen molar-refractivity contribution in [1.82, 2.24) is 4.98 Å². The van der Waals surface area contributed by atoms with Crippen LogP contribution in [-0.4, -0.2) is 10.9 Å². The first-order chi connectivity index (χ1) is 9.61. The lowest BCUT2D eigenvalue weighted by Gasteiger charge is -2.01. The molecular formula is C14H10ClN3OS. The summed E-state index contributed by atoms with van der Waals surface area (Å²) in [5.41, 5.74) is 7.56. The Balaban J connectivity index is 1.85. The molecule has 0 bridgehead atoms. The van der Waals surface area contributed by atoms with Gasteiger partial charge in [0.1, 0.15) is 0 Å². The monoisotopic (exact) mass is 303 g/mol. The summed E-state index contributed by atoms with van der Waals surface area (Å²) in [5.74, 6) is -0.213. The second-order valence-electron chi connectivity index (χ2n) is 4.21. The molecule has 0 saturated heterocycles. The molecular weight excluding hydrogens is 294 g/mol. The molecule has 0 aliphatic heterocycles. The SMILES string of the molecule is Nc1ccc(C(=O)Nc2nc3ccc(Cl)cc3s2)cc1. The van der Waals surface area contributed by atoms with Crippen molar-refractivity contribution >= 4 is 49.9 Å². The van der Waals surface area contributed by atoms with E-state index in [1.165, 1.54) is 11.3 Å². The van der Waals surface area contributed by atoms with Crippen molar-refractivity contribution in [2.75, 3.05) is 11.1 Å². The maximum Gasteiger partial charge on any atom is 0.257 e. The number of fused-ring (bicyclic) bond motifs is 1. The zero-order chi connectivity index (χ0) is 14.1. The fourth-order valence-electron chi connectivity index (χ4n) is 1.76. The topological polar surface area (TPSA) is 68.0 Å². The highest BCUT2D eigenvalue weighted by Gasteiger charge is 2.10. The lowest BCUT2D eigenvalue weighted by molar-refractivity contribution is 0.102. The van der Waals surface area contributed by atoms with Crippen LogP contribution in [0.1, 0.15) is 10.4 Å². The fraction of sp³-hybridized carbons (Fsp3) is 0. The van der Waals surface area contributed by atoms with Crippen LogP contribution in [0.2, 0.25) is 5.02 Å². The highest BCUT2D eigenvalue weighted by Crippen LogP contribution is 2.28. The van der Waals surface area contributed by atoms with E-state index in [1.54, 1.807) is 30.3 Å². The number of carbonyl (C=O) groups excluding carboxylic acids is 1. The molecule has 2 aromatic carbocycles. The van der Waals surface area contributed by atoms with Crippen LogP contribution in [-0.2, 0) is 0 Å². The van der Waals surface area contributed by atoms with Gasteiger partial charge < -0.3 is 5.73 Å². The molecule has 1 heterocycles. The van der Waals surface area contributed by atoms with Gasteiger partial charge in [0, 0.05) is 16.3 Å². The van der Waals surface area contributed by atoms with E-state index in [0.29, 0.717) is 21.4 Å². The summed E-state index contributed by atoms with van der Waals surface area (Å²) in [5, 5.41) is 3.97. The minimum atomic E-state index is -0.213. The number of hydrogen-bond donors (Lipinski definition) is 2. The summed E-state index contributed by atoms with van der Waals surface area (Å²) in [6.07, 6.45) is 0. The maximum atomic E-state index is 12.1. The van der Waals surface area contributed by atoms with Crippen molar-refractivity contribution in [1.29, 1.82) is 0 Å². The molecule has 3 rings (SSSR count). The predicted molar refractivity (Wildman–Crippen MR) is 83.4 cm³/mol. The molecule has 0 radical (unpaired) electrons. The number of aromatic nitrogens is 1. The Kier molecular flexibility index (Phi) is 3.30. The summed E-state index contributed by atoms with van der Waals surface area (Å²) in [6, 6.07) is 12.2. The van der Waals surface area contributed by atoms with Crippen LogP contribution >= 0.6 is 22.9 Å². The van der Waals surface area contributed by atoms with Crippen LogP contribution in [0.15, 0.2) is 42.5 Å². The Morgan fingerprint density at radius 1 is 1.20 bits per heavy atom. The number of hydrogen-bond acceptors (Lipinski definition) is 4. The number of anilines is 2. The third-order valence-electron chi connectivity index (χ3n) is 2.74. The van der Waals surface area contributed by atoms with Crippen LogP contribution in [0.4, 0.5) is 10.8 Å². The van der Waals surface area contributed by atoms with Crippen LogP contribution in [0.25, 0.3) is 10.2 Å². The molecule has 0 aliphatic carbocycles. The van der Waals surface area contributed by atoms with Crippen molar-refractivity contribution in [3.63, 3.8) is 0 Å². The summed E-state index contributed by atoms with van der Waals surface area (Å²) >= 11 is 7.31. The van der Waals surface area contributed by atoms with Crippen molar-refractivity contribution in [2.24, 2.45) is 0 Å². The number of nitrogens with one attached hydrogen (secondary N) is 1. The molecule has 100 valence electrons. The highest BCUT2D eigenvalue weighted by molar-refractivity contribution is 7.22. The molecule has 0 unspecified atom stereocenters. The van der Waals surface area contributed by atoms with Gasteiger partial charge in [-0.15, -0.1) is 0 Å². The first-order valence-electron chi connectivity index (χ1n) is 5.85. The van der Waals surface area contributed by atoms with Gasteiger partial charge in [0.05, 0.1) is 10.2 Å². The average Bonchev–Trinajstić information content (AvgIpc) is 2.80. The molecule has 0 aliphatic rings. The van der Waals surface area contributed by atoms with Gasteiger partial charge in [-0.1, -0.05) is 22.9 Å². The summed E-state index contributed by atoms with van der Waals surface area (Å²) in [4.78, 5) is 16.4. The first kappa shape index (κ1) is 12.9. The Hall–Kier alpha value is -2.11. The lowest BCUT2D eigenvalue weighted by Crippen LogP contribution is -2.11. The van der Waals surface area contributed by atoms with Crippen LogP contribution in [0.3, 0.4) is 0 Å². The first-order valence-corrected chi connectivity index (χ1v) is 7.04. The van der Waals surface area contributed by atoms with E-state index in [-0.39, 0.29) is 5.91 Å². The molecule has 0 spiro atoms.